The zero-order chi connectivity index (χ0) is 25.8. The minimum absolute atomic E-state index is 0.0446. The average Bonchev–Trinajstić information content (AvgIpc) is 2.88. The lowest BCUT2D eigenvalue weighted by Gasteiger charge is -2.32. The van der Waals surface area contributed by atoms with Crippen molar-refractivity contribution in [2.45, 2.75) is 51.4 Å². The van der Waals surface area contributed by atoms with Crippen molar-refractivity contribution in [1.82, 2.24) is 10.2 Å². The molecule has 0 radical (unpaired) electrons. The van der Waals surface area contributed by atoms with E-state index in [1.807, 2.05) is 85.8 Å². The lowest BCUT2D eigenvalue weighted by atomic mass is 10.0. The van der Waals surface area contributed by atoms with Crippen molar-refractivity contribution in [2.24, 2.45) is 0 Å². The number of unbranched alkanes of at least 4 members (excludes halogenated alkanes) is 1. The van der Waals surface area contributed by atoms with Gasteiger partial charge in [0.1, 0.15) is 6.04 Å². The minimum Gasteiger partial charge on any atom is -0.354 e. The number of benzene rings is 3. The second-order valence-corrected chi connectivity index (χ2v) is 10.3. The van der Waals surface area contributed by atoms with Gasteiger partial charge < -0.3 is 10.2 Å². The van der Waals surface area contributed by atoms with Crippen LogP contribution in [0.5, 0.6) is 0 Å². The molecule has 0 heterocycles. The van der Waals surface area contributed by atoms with Crippen LogP contribution in [0.1, 0.15) is 42.0 Å². The van der Waals surface area contributed by atoms with Gasteiger partial charge in [-0.1, -0.05) is 91.7 Å². The first-order chi connectivity index (χ1) is 17.5. The van der Waals surface area contributed by atoms with Crippen LogP contribution in [0.3, 0.4) is 0 Å². The molecular formula is C30H35ClN2O2S. The third-order valence-corrected chi connectivity index (χ3v) is 7.31. The van der Waals surface area contributed by atoms with Gasteiger partial charge in [0.15, 0.2) is 0 Å². The van der Waals surface area contributed by atoms with Crippen molar-refractivity contribution >= 4 is 35.2 Å². The van der Waals surface area contributed by atoms with E-state index >= 15 is 0 Å². The largest absolute Gasteiger partial charge is 0.354 e. The fraction of sp³-hybridized carbons (Fsp3) is 0.333. The van der Waals surface area contributed by atoms with Crippen molar-refractivity contribution in [2.75, 3.05) is 12.3 Å². The monoisotopic (exact) mass is 522 g/mol. The van der Waals surface area contributed by atoms with Crippen LogP contribution in [0, 0.1) is 6.92 Å². The molecule has 0 saturated heterocycles. The normalized spacial score (nSPS) is 11.6. The summed E-state index contributed by atoms with van der Waals surface area (Å²) in [6, 6.07) is 25.1. The summed E-state index contributed by atoms with van der Waals surface area (Å²) in [5.41, 5.74) is 4.25. The van der Waals surface area contributed by atoms with Crippen LogP contribution < -0.4 is 5.32 Å². The third kappa shape index (κ3) is 8.72. The highest BCUT2D eigenvalue weighted by atomic mass is 35.5. The van der Waals surface area contributed by atoms with Gasteiger partial charge in [-0.25, -0.2) is 0 Å². The summed E-state index contributed by atoms with van der Waals surface area (Å²) >= 11 is 7.66. The van der Waals surface area contributed by atoms with Crippen molar-refractivity contribution in [3.8, 4) is 0 Å². The Kier molecular flexibility index (Phi) is 11.4. The molecule has 3 aromatic carbocycles. The van der Waals surface area contributed by atoms with E-state index in [1.165, 1.54) is 0 Å². The molecule has 0 aliphatic carbocycles. The van der Waals surface area contributed by atoms with Crippen LogP contribution in [-0.4, -0.2) is 35.1 Å². The maximum atomic E-state index is 13.7. The topological polar surface area (TPSA) is 49.4 Å². The summed E-state index contributed by atoms with van der Waals surface area (Å²) in [6.45, 7) is 5.14. The number of carbonyl (C=O) groups excluding carboxylic acids is 2. The summed E-state index contributed by atoms with van der Waals surface area (Å²) in [6.07, 6.45) is 2.37. The number of amides is 2. The van der Waals surface area contributed by atoms with Crippen LogP contribution in [-0.2, 0) is 28.3 Å². The van der Waals surface area contributed by atoms with Crippen LogP contribution in [0.4, 0.5) is 0 Å². The molecule has 1 N–H and O–H groups in total. The number of rotatable bonds is 13. The summed E-state index contributed by atoms with van der Waals surface area (Å²) in [7, 11) is 0. The Hall–Kier alpha value is -2.76. The van der Waals surface area contributed by atoms with Gasteiger partial charge in [0.25, 0.3) is 0 Å². The van der Waals surface area contributed by atoms with E-state index in [9.17, 15) is 9.59 Å². The van der Waals surface area contributed by atoms with Gasteiger partial charge in [-0.2, -0.15) is 0 Å². The molecule has 190 valence electrons. The van der Waals surface area contributed by atoms with Gasteiger partial charge in [-0.05, 0) is 47.7 Å². The van der Waals surface area contributed by atoms with E-state index in [2.05, 4.69) is 12.2 Å². The van der Waals surface area contributed by atoms with Gasteiger partial charge in [-0.3, -0.25) is 9.59 Å². The van der Waals surface area contributed by atoms with Crippen molar-refractivity contribution in [3.63, 3.8) is 0 Å². The van der Waals surface area contributed by atoms with E-state index in [4.69, 9.17) is 11.6 Å². The number of nitrogens with one attached hydrogen (secondary N) is 1. The molecule has 0 fully saturated rings. The number of nitrogens with zero attached hydrogens (tertiary/aromatic N) is 1. The Morgan fingerprint density at radius 1 is 0.972 bits per heavy atom. The molecule has 3 rings (SSSR count). The lowest BCUT2D eigenvalue weighted by Crippen LogP contribution is -2.51. The molecule has 1 unspecified atom stereocenters. The molecule has 0 aliphatic rings. The average molecular weight is 523 g/mol. The Morgan fingerprint density at radius 2 is 1.69 bits per heavy atom. The molecule has 2 amide bonds. The lowest BCUT2D eigenvalue weighted by molar-refractivity contribution is -0.139. The van der Waals surface area contributed by atoms with Crippen LogP contribution in [0.25, 0.3) is 0 Å². The minimum atomic E-state index is -0.594. The molecule has 3 aromatic rings. The SMILES string of the molecule is CCCCNC(=O)C(Cc1ccccc1)N(Cc1ccccc1C)C(=O)CSCc1cccc(Cl)c1. The Morgan fingerprint density at radius 3 is 2.42 bits per heavy atom. The quantitative estimate of drug-likeness (QED) is 0.263. The maximum absolute atomic E-state index is 13.7. The predicted octanol–water partition coefficient (Wildman–Crippen LogP) is 6.44. The Balaban J connectivity index is 1.84. The molecule has 6 heteroatoms. The fourth-order valence-electron chi connectivity index (χ4n) is 4.00. The van der Waals surface area contributed by atoms with E-state index in [0.717, 1.165) is 35.1 Å². The van der Waals surface area contributed by atoms with E-state index in [-0.39, 0.29) is 17.6 Å². The smallest absolute Gasteiger partial charge is 0.243 e. The first-order valence-electron chi connectivity index (χ1n) is 12.5. The van der Waals surface area contributed by atoms with E-state index in [1.54, 1.807) is 16.7 Å². The van der Waals surface area contributed by atoms with Crippen LogP contribution >= 0.6 is 23.4 Å². The van der Waals surface area contributed by atoms with Gasteiger partial charge in [0.2, 0.25) is 11.8 Å². The number of hydrogen-bond donors (Lipinski definition) is 1. The molecule has 0 aliphatic heterocycles. The van der Waals surface area contributed by atoms with Crippen molar-refractivity contribution in [3.05, 3.63) is 106 Å². The Labute approximate surface area is 224 Å². The van der Waals surface area contributed by atoms with Crippen molar-refractivity contribution < 1.29 is 9.59 Å². The molecule has 36 heavy (non-hydrogen) atoms. The summed E-state index contributed by atoms with van der Waals surface area (Å²) in [5.74, 6) is 0.814. The summed E-state index contributed by atoms with van der Waals surface area (Å²) < 4.78 is 0. The first kappa shape index (κ1) is 27.8. The zero-order valence-corrected chi connectivity index (χ0v) is 22.7. The highest BCUT2D eigenvalue weighted by Crippen LogP contribution is 2.21. The predicted molar refractivity (Wildman–Crippen MR) is 151 cm³/mol. The van der Waals surface area contributed by atoms with Gasteiger partial charge in [0.05, 0.1) is 5.75 Å². The highest BCUT2D eigenvalue weighted by molar-refractivity contribution is 7.99. The zero-order valence-electron chi connectivity index (χ0n) is 21.1. The highest BCUT2D eigenvalue weighted by Gasteiger charge is 2.30. The van der Waals surface area contributed by atoms with E-state index in [0.29, 0.717) is 30.3 Å². The molecule has 0 saturated carbocycles. The Bertz CT molecular complexity index is 1120. The van der Waals surface area contributed by atoms with Crippen molar-refractivity contribution in [1.29, 1.82) is 0 Å². The summed E-state index contributed by atoms with van der Waals surface area (Å²) in [4.78, 5) is 28.9. The van der Waals surface area contributed by atoms with Crippen LogP contribution in [0.15, 0.2) is 78.9 Å². The maximum Gasteiger partial charge on any atom is 0.243 e. The molecular weight excluding hydrogens is 488 g/mol. The number of carbonyl (C=O) groups is 2. The van der Waals surface area contributed by atoms with Gasteiger partial charge in [0, 0.05) is 30.3 Å². The fourth-order valence-corrected chi connectivity index (χ4v) is 5.07. The summed E-state index contributed by atoms with van der Waals surface area (Å²) in [5, 5.41) is 3.76. The van der Waals surface area contributed by atoms with Gasteiger partial charge >= 0.3 is 0 Å². The standard InChI is InChI=1S/C30H35ClN2O2S/c1-3-4-17-32-30(35)28(19-24-12-6-5-7-13-24)33(20-26-15-9-8-11-23(26)2)29(34)22-36-21-25-14-10-16-27(31)18-25/h5-16,18,28H,3-4,17,19-22H2,1-2H3,(H,32,35). The number of aryl methyl sites for hydroxylation is 1. The second kappa shape index (κ2) is 14.7. The number of thioether (sulfide) groups is 1. The third-order valence-electron chi connectivity index (χ3n) is 6.09. The molecule has 0 bridgehead atoms. The first-order valence-corrected chi connectivity index (χ1v) is 14.0. The molecule has 4 nitrogen and oxygen atoms in total. The molecule has 1 atom stereocenters. The van der Waals surface area contributed by atoms with E-state index < -0.39 is 6.04 Å². The number of hydrogen-bond acceptors (Lipinski definition) is 3. The molecule has 0 spiro atoms. The van der Waals surface area contributed by atoms with Gasteiger partial charge in [-0.15, -0.1) is 11.8 Å². The second-order valence-electron chi connectivity index (χ2n) is 8.92. The van der Waals surface area contributed by atoms with Crippen LogP contribution in [0.2, 0.25) is 5.02 Å². The number of halogens is 1. The molecule has 0 aromatic heterocycles.